The minimum atomic E-state index is 0.518. The lowest BCUT2D eigenvalue weighted by Crippen LogP contribution is -2.47. The van der Waals surface area contributed by atoms with E-state index in [9.17, 15) is 0 Å². The van der Waals surface area contributed by atoms with Crippen molar-refractivity contribution in [3.05, 3.63) is 77.8 Å². The molecule has 1 aromatic heterocycles. The van der Waals surface area contributed by atoms with Gasteiger partial charge in [-0.15, -0.1) is 0 Å². The number of allylic oxidation sites excluding steroid dienone is 3. The summed E-state index contributed by atoms with van der Waals surface area (Å²) in [4.78, 5) is 11.5. The topological polar surface area (TPSA) is 53.1 Å². The van der Waals surface area contributed by atoms with Crippen LogP contribution in [-0.4, -0.2) is 47.1 Å². The van der Waals surface area contributed by atoms with Gasteiger partial charge in [0.15, 0.2) is 0 Å². The molecule has 1 aliphatic heterocycles. The Bertz CT molecular complexity index is 833. The molecule has 2 aromatic rings. The van der Waals surface area contributed by atoms with Crippen LogP contribution in [0, 0.1) is 0 Å². The molecule has 144 valence electrons. The van der Waals surface area contributed by atoms with E-state index in [1.165, 1.54) is 11.3 Å². The minimum Gasteiger partial charge on any atom is -0.328 e. The van der Waals surface area contributed by atoms with Crippen molar-refractivity contribution in [1.29, 1.82) is 0 Å². The Morgan fingerprint density at radius 1 is 1.00 bits per heavy atom. The Labute approximate surface area is 166 Å². The molecule has 0 bridgehead atoms. The number of hydrogen-bond acceptors (Lipinski definition) is 5. The molecule has 2 heterocycles. The Hall–Kier alpha value is -2.76. The van der Waals surface area contributed by atoms with E-state index < -0.39 is 0 Å². The predicted molar refractivity (Wildman–Crippen MR) is 116 cm³/mol. The first kappa shape index (κ1) is 18.6. The maximum absolute atomic E-state index is 4.47. The second-order valence-corrected chi connectivity index (χ2v) is 7.18. The minimum absolute atomic E-state index is 0.518. The summed E-state index contributed by atoms with van der Waals surface area (Å²) in [6.45, 7) is 4.42. The highest BCUT2D eigenvalue weighted by molar-refractivity contribution is 5.68. The van der Waals surface area contributed by atoms with E-state index in [0.29, 0.717) is 12.0 Å². The van der Waals surface area contributed by atoms with Gasteiger partial charge in [0.2, 0.25) is 5.95 Å². The average molecular weight is 374 g/mol. The van der Waals surface area contributed by atoms with E-state index in [1.807, 2.05) is 36.7 Å². The highest BCUT2D eigenvalue weighted by Gasteiger charge is 2.19. The Kier molecular flexibility index (Phi) is 6.27. The van der Waals surface area contributed by atoms with Gasteiger partial charge in [0.1, 0.15) is 0 Å². The molecule has 28 heavy (non-hydrogen) atoms. The van der Waals surface area contributed by atoms with Crippen molar-refractivity contribution < 1.29 is 0 Å². The maximum atomic E-state index is 4.47. The van der Waals surface area contributed by atoms with Crippen LogP contribution in [0.2, 0.25) is 0 Å². The predicted octanol–water partition coefficient (Wildman–Crippen LogP) is 3.57. The molecule has 1 unspecified atom stereocenters. The van der Waals surface area contributed by atoms with Crippen LogP contribution in [0.5, 0.6) is 0 Å². The molecule has 1 fully saturated rings. The van der Waals surface area contributed by atoms with E-state index in [2.05, 4.69) is 61.9 Å². The number of piperazine rings is 1. The van der Waals surface area contributed by atoms with Gasteiger partial charge >= 0.3 is 0 Å². The normalized spacial score (nSPS) is 20.7. The van der Waals surface area contributed by atoms with Gasteiger partial charge in [0.05, 0.1) is 0 Å². The second kappa shape index (κ2) is 9.44. The molecule has 2 aliphatic rings. The molecule has 1 aromatic carbocycles. The highest BCUT2D eigenvalue weighted by Crippen LogP contribution is 2.19. The van der Waals surface area contributed by atoms with Crippen molar-refractivity contribution in [3.8, 4) is 0 Å². The fourth-order valence-electron chi connectivity index (χ4n) is 3.59. The average Bonchev–Trinajstić information content (AvgIpc) is 3.00. The van der Waals surface area contributed by atoms with Crippen LogP contribution in [0.4, 0.5) is 5.95 Å². The summed E-state index contributed by atoms with van der Waals surface area (Å²) >= 11 is 0. The van der Waals surface area contributed by atoms with Gasteiger partial charge in [0, 0.05) is 55.9 Å². The molecule has 4 rings (SSSR count). The molecule has 5 heteroatoms. The van der Waals surface area contributed by atoms with Gasteiger partial charge in [0.25, 0.3) is 0 Å². The zero-order valence-electron chi connectivity index (χ0n) is 16.1. The highest BCUT2D eigenvalue weighted by atomic mass is 15.2. The fraction of sp³-hybridized carbons (Fsp3) is 0.304. The first-order valence-electron chi connectivity index (χ1n) is 10.0. The summed E-state index contributed by atoms with van der Waals surface area (Å²) in [6, 6.07) is 10.8. The molecule has 0 saturated carbocycles. The summed E-state index contributed by atoms with van der Waals surface area (Å²) in [5.41, 5.74) is 3.32. The molecule has 5 nitrogen and oxygen atoms in total. The molecule has 1 saturated heterocycles. The largest absolute Gasteiger partial charge is 0.328 e. The monoisotopic (exact) mass is 373 g/mol. The molecule has 0 radical (unpaired) electrons. The first-order chi connectivity index (χ1) is 13.9. The zero-order valence-corrected chi connectivity index (χ0v) is 16.1. The van der Waals surface area contributed by atoms with Crippen molar-refractivity contribution in [3.63, 3.8) is 0 Å². The molecular weight excluding hydrogens is 346 g/mol. The third kappa shape index (κ3) is 5.15. The SMILES string of the molecule is C1=CC(N2CCNCC2)CCC(Nc2ncc(/C=C/c3ccccc3)cn2)=C1. The van der Waals surface area contributed by atoms with Crippen LogP contribution in [-0.2, 0) is 0 Å². The molecule has 2 N–H and O–H groups in total. The lowest BCUT2D eigenvalue weighted by molar-refractivity contribution is 0.195. The quantitative estimate of drug-likeness (QED) is 0.839. The first-order valence-corrected chi connectivity index (χ1v) is 10.0. The van der Waals surface area contributed by atoms with E-state index in [4.69, 9.17) is 0 Å². The summed E-state index contributed by atoms with van der Waals surface area (Å²) in [5, 5.41) is 6.80. The van der Waals surface area contributed by atoms with Gasteiger partial charge in [-0.1, -0.05) is 54.6 Å². The van der Waals surface area contributed by atoms with Gasteiger partial charge < -0.3 is 10.6 Å². The lowest BCUT2D eigenvalue weighted by Gasteiger charge is -2.33. The molecule has 0 amide bonds. The van der Waals surface area contributed by atoms with Crippen LogP contribution < -0.4 is 10.6 Å². The van der Waals surface area contributed by atoms with E-state index in [0.717, 1.165) is 44.6 Å². The molecule has 0 spiro atoms. The van der Waals surface area contributed by atoms with Gasteiger partial charge in [-0.25, -0.2) is 9.97 Å². The van der Waals surface area contributed by atoms with Crippen LogP contribution in [0.25, 0.3) is 12.2 Å². The van der Waals surface area contributed by atoms with Crippen molar-refractivity contribution in [1.82, 2.24) is 20.2 Å². The Morgan fingerprint density at radius 3 is 2.54 bits per heavy atom. The Balaban J connectivity index is 1.31. The molecule has 1 atom stereocenters. The van der Waals surface area contributed by atoms with E-state index in [1.54, 1.807) is 0 Å². The summed E-state index contributed by atoms with van der Waals surface area (Å²) < 4.78 is 0. The molecule has 1 aliphatic carbocycles. The van der Waals surface area contributed by atoms with Crippen molar-refractivity contribution in [2.75, 3.05) is 31.5 Å². The number of nitrogens with zero attached hydrogens (tertiary/aromatic N) is 3. The van der Waals surface area contributed by atoms with Crippen molar-refractivity contribution >= 4 is 18.1 Å². The summed E-state index contributed by atoms with van der Waals surface area (Å²) in [6.07, 6.45) is 16.6. The number of anilines is 1. The third-order valence-electron chi connectivity index (χ3n) is 5.17. The summed E-state index contributed by atoms with van der Waals surface area (Å²) in [5.74, 6) is 0.650. The van der Waals surface area contributed by atoms with E-state index >= 15 is 0 Å². The molecular formula is C23H27N5. The van der Waals surface area contributed by atoms with E-state index in [-0.39, 0.29) is 0 Å². The lowest BCUT2D eigenvalue weighted by atomic mass is 10.1. The van der Waals surface area contributed by atoms with Crippen LogP contribution in [0.15, 0.2) is 66.7 Å². The fourth-order valence-corrected chi connectivity index (χ4v) is 3.59. The van der Waals surface area contributed by atoms with Gasteiger partial charge in [-0.2, -0.15) is 0 Å². The van der Waals surface area contributed by atoms with Gasteiger partial charge in [-0.05, 0) is 24.5 Å². The smallest absolute Gasteiger partial charge is 0.226 e. The number of hydrogen-bond donors (Lipinski definition) is 2. The third-order valence-corrected chi connectivity index (χ3v) is 5.17. The van der Waals surface area contributed by atoms with Crippen molar-refractivity contribution in [2.24, 2.45) is 0 Å². The standard InChI is InChI=1S/C23H27N5/c1-2-5-19(6-3-1)9-10-20-17-25-23(26-18-20)27-21-7-4-8-22(12-11-21)28-15-13-24-14-16-28/h1-10,17-18,22,24H,11-16H2,(H,25,26,27)/b10-9+. The van der Waals surface area contributed by atoms with Crippen LogP contribution >= 0.6 is 0 Å². The van der Waals surface area contributed by atoms with Crippen molar-refractivity contribution in [2.45, 2.75) is 18.9 Å². The number of rotatable bonds is 5. The Morgan fingerprint density at radius 2 is 1.75 bits per heavy atom. The number of aromatic nitrogens is 2. The summed E-state index contributed by atoms with van der Waals surface area (Å²) in [7, 11) is 0. The van der Waals surface area contributed by atoms with Crippen LogP contribution in [0.3, 0.4) is 0 Å². The second-order valence-electron chi connectivity index (χ2n) is 7.18. The maximum Gasteiger partial charge on any atom is 0.226 e. The van der Waals surface area contributed by atoms with Crippen LogP contribution in [0.1, 0.15) is 24.0 Å². The number of nitrogens with one attached hydrogen (secondary N) is 2. The zero-order chi connectivity index (χ0) is 19.0. The van der Waals surface area contributed by atoms with Gasteiger partial charge in [-0.3, -0.25) is 4.90 Å². The number of benzene rings is 1.